The summed E-state index contributed by atoms with van der Waals surface area (Å²) in [6.45, 7) is 3.88. The van der Waals surface area contributed by atoms with Crippen molar-refractivity contribution in [3.63, 3.8) is 0 Å². The van der Waals surface area contributed by atoms with E-state index in [1.807, 2.05) is 17.8 Å². The zero-order chi connectivity index (χ0) is 17.3. The first-order chi connectivity index (χ1) is 11.4. The fourth-order valence-corrected chi connectivity index (χ4v) is 5.49. The van der Waals surface area contributed by atoms with Gasteiger partial charge in [-0.3, -0.25) is 0 Å². The fraction of sp³-hybridized carbons (Fsp3) is 0.625. The standard InChI is InChI=1S/C16H24N4O3S/c1-12-16(13(2)23-18-12)24(21,22)20-10-5-4-6-14(20)7-8-15-17-9-11-19(15)3/h9,11,14H,4-8,10H2,1-3H3/t14-/m0/s1. The summed E-state index contributed by atoms with van der Waals surface area (Å²) in [6, 6.07) is -0.00542. The molecular weight excluding hydrogens is 328 g/mol. The zero-order valence-electron chi connectivity index (χ0n) is 14.4. The Morgan fingerprint density at radius 1 is 1.33 bits per heavy atom. The van der Waals surface area contributed by atoms with Crippen molar-refractivity contribution in [2.45, 2.75) is 56.9 Å². The van der Waals surface area contributed by atoms with Crippen LogP contribution in [0.4, 0.5) is 0 Å². The van der Waals surface area contributed by atoms with Gasteiger partial charge in [0.2, 0.25) is 10.0 Å². The molecule has 0 amide bonds. The molecule has 1 atom stereocenters. The second-order valence-electron chi connectivity index (χ2n) is 6.41. The van der Waals surface area contributed by atoms with E-state index in [0.717, 1.165) is 37.9 Å². The molecule has 0 spiro atoms. The third kappa shape index (κ3) is 3.12. The Hall–Kier alpha value is -1.67. The van der Waals surface area contributed by atoms with Gasteiger partial charge >= 0.3 is 0 Å². The van der Waals surface area contributed by atoms with Gasteiger partial charge in [-0.15, -0.1) is 0 Å². The first kappa shape index (κ1) is 17.2. The van der Waals surface area contributed by atoms with E-state index in [-0.39, 0.29) is 10.9 Å². The number of hydrogen-bond acceptors (Lipinski definition) is 5. The minimum atomic E-state index is -3.58. The van der Waals surface area contributed by atoms with Crippen molar-refractivity contribution in [1.29, 1.82) is 0 Å². The third-order valence-electron chi connectivity index (χ3n) is 4.73. The highest BCUT2D eigenvalue weighted by atomic mass is 32.2. The van der Waals surface area contributed by atoms with Gasteiger partial charge < -0.3 is 9.09 Å². The molecule has 3 heterocycles. The number of aromatic nitrogens is 3. The van der Waals surface area contributed by atoms with Crippen molar-refractivity contribution in [2.24, 2.45) is 7.05 Å². The molecule has 7 nitrogen and oxygen atoms in total. The Bertz CT molecular complexity index is 790. The smallest absolute Gasteiger partial charge is 0.248 e. The molecule has 0 unspecified atom stereocenters. The van der Waals surface area contributed by atoms with Crippen LogP contribution in [0.5, 0.6) is 0 Å². The van der Waals surface area contributed by atoms with Gasteiger partial charge in [0, 0.05) is 38.4 Å². The van der Waals surface area contributed by atoms with Crippen LogP contribution in [-0.2, 0) is 23.5 Å². The molecule has 2 aromatic rings. The van der Waals surface area contributed by atoms with Crippen LogP contribution in [0.15, 0.2) is 21.8 Å². The number of imidazole rings is 1. The van der Waals surface area contributed by atoms with Gasteiger partial charge in [-0.05, 0) is 33.1 Å². The lowest BCUT2D eigenvalue weighted by Gasteiger charge is -2.34. The predicted molar refractivity (Wildman–Crippen MR) is 89.0 cm³/mol. The molecule has 132 valence electrons. The average Bonchev–Trinajstić information content (AvgIpc) is 3.11. The maximum absolute atomic E-state index is 13.1. The van der Waals surface area contributed by atoms with Crippen LogP contribution >= 0.6 is 0 Å². The van der Waals surface area contributed by atoms with Crippen LogP contribution in [-0.4, -0.2) is 40.0 Å². The van der Waals surface area contributed by atoms with Crippen LogP contribution in [0, 0.1) is 13.8 Å². The number of aryl methyl sites for hydroxylation is 4. The van der Waals surface area contributed by atoms with Gasteiger partial charge in [-0.1, -0.05) is 11.6 Å². The van der Waals surface area contributed by atoms with Crippen LogP contribution < -0.4 is 0 Å². The van der Waals surface area contributed by atoms with Crippen LogP contribution in [0.3, 0.4) is 0 Å². The third-order valence-corrected chi connectivity index (χ3v) is 6.93. The van der Waals surface area contributed by atoms with Gasteiger partial charge in [0.15, 0.2) is 5.76 Å². The Balaban J connectivity index is 1.83. The van der Waals surface area contributed by atoms with E-state index in [9.17, 15) is 8.42 Å². The van der Waals surface area contributed by atoms with Gasteiger partial charge in [-0.25, -0.2) is 13.4 Å². The minimum absolute atomic E-state index is 0.00542. The Kier molecular flexibility index (Phi) is 4.78. The number of sulfonamides is 1. The molecule has 0 aromatic carbocycles. The van der Waals surface area contributed by atoms with Crippen molar-refractivity contribution in [2.75, 3.05) is 6.54 Å². The second-order valence-corrected chi connectivity index (χ2v) is 8.24. The quantitative estimate of drug-likeness (QED) is 0.824. The van der Waals surface area contributed by atoms with Crippen molar-refractivity contribution in [3.05, 3.63) is 29.7 Å². The average molecular weight is 352 g/mol. The summed E-state index contributed by atoms with van der Waals surface area (Å²) in [5.41, 5.74) is 0.431. The highest BCUT2D eigenvalue weighted by molar-refractivity contribution is 7.89. The van der Waals surface area contributed by atoms with E-state index in [1.54, 1.807) is 24.3 Å². The summed E-state index contributed by atoms with van der Waals surface area (Å²) >= 11 is 0. The monoisotopic (exact) mass is 352 g/mol. The van der Waals surface area contributed by atoms with Gasteiger partial charge in [0.25, 0.3) is 0 Å². The minimum Gasteiger partial charge on any atom is -0.360 e. The molecule has 0 N–H and O–H groups in total. The number of hydrogen-bond donors (Lipinski definition) is 0. The predicted octanol–water partition coefficient (Wildman–Crippen LogP) is 2.20. The molecule has 8 heteroatoms. The zero-order valence-corrected chi connectivity index (χ0v) is 15.2. The lowest BCUT2D eigenvalue weighted by molar-refractivity contribution is 0.239. The number of nitrogens with zero attached hydrogens (tertiary/aromatic N) is 4. The topological polar surface area (TPSA) is 81.2 Å². The molecule has 0 radical (unpaired) electrons. The van der Waals surface area contributed by atoms with Crippen LogP contribution in [0.1, 0.15) is 43.0 Å². The van der Waals surface area contributed by atoms with Crippen molar-refractivity contribution >= 4 is 10.0 Å². The lowest BCUT2D eigenvalue weighted by Crippen LogP contribution is -2.44. The summed E-state index contributed by atoms with van der Waals surface area (Å²) in [7, 11) is -1.62. The molecule has 0 aliphatic carbocycles. The van der Waals surface area contributed by atoms with E-state index < -0.39 is 10.0 Å². The molecule has 1 saturated heterocycles. The summed E-state index contributed by atoms with van der Waals surface area (Å²) in [4.78, 5) is 4.56. The lowest BCUT2D eigenvalue weighted by atomic mass is 10.0. The van der Waals surface area contributed by atoms with Crippen molar-refractivity contribution in [3.8, 4) is 0 Å². The molecular formula is C16H24N4O3S. The fourth-order valence-electron chi connectivity index (χ4n) is 3.47. The summed E-state index contributed by atoms with van der Waals surface area (Å²) in [5.74, 6) is 1.34. The molecule has 3 rings (SSSR count). The van der Waals surface area contributed by atoms with Gasteiger partial charge in [-0.2, -0.15) is 4.31 Å². The Morgan fingerprint density at radius 3 is 2.75 bits per heavy atom. The Labute approximate surface area is 142 Å². The van der Waals surface area contributed by atoms with Crippen molar-refractivity contribution < 1.29 is 12.9 Å². The molecule has 0 bridgehead atoms. The summed E-state index contributed by atoms with van der Waals surface area (Å²) in [6.07, 6.45) is 8.05. The first-order valence-electron chi connectivity index (χ1n) is 8.32. The van der Waals surface area contributed by atoms with E-state index >= 15 is 0 Å². The molecule has 2 aromatic heterocycles. The molecule has 1 aliphatic heterocycles. The number of piperidine rings is 1. The van der Waals surface area contributed by atoms with E-state index in [1.165, 1.54) is 0 Å². The highest BCUT2D eigenvalue weighted by Gasteiger charge is 2.36. The van der Waals surface area contributed by atoms with Crippen LogP contribution in [0.2, 0.25) is 0 Å². The molecule has 1 aliphatic rings. The van der Waals surface area contributed by atoms with E-state index in [4.69, 9.17) is 4.52 Å². The summed E-state index contributed by atoms with van der Waals surface area (Å²) < 4.78 is 35.0. The second kappa shape index (κ2) is 6.68. The molecule has 24 heavy (non-hydrogen) atoms. The normalized spacial score (nSPS) is 19.7. The maximum atomic E-state index is 13.1. The molecule has 1 fully saturated rings. The molecule has 0 saturated carbocycles. The Morgan fingerprint density at radius 2 is 2.12 bits per heavy atom. The number of rotatable bonds is 5. The SMILES string of the molecule is Cc1noc(C)c1S(=O)(=O)N1CCCC[C@H]1CCc1nccn1C. The van der Waals surface area contributed by atoms with Gasteiger partial charge in [0.1, 0.15) is 16.4 Å². The highest BCUT2D eigenvalue weighted by Crippen LogP contribution is 2.30. The van der Waals surface area contributed by atoms with Crippen molar-refractivity contribution in [1.82, 2.24) is 19.0 Å². The first-order valence-corrected chi connectivity index (χ1v) is 9.76. The van der Waals surface area contributed by atoms with Gasteiger partial charge in [0.05, 0.1) is 0 Å². The van der Waals surface area contributed by atoms with Crippen LogP contribution in [0.25, 0.3) is 0 Å². The largest absolute Gasteiger partial charge is 0.360 e. The summed E-state index contributed by atoms with van der Waals surface area (Å²) in [5, 5.41) is 3.81. The van der Waals surface area contributed by atoms with E-state index in [2.05, 4.69) is 10.1 Å². The maximum Gasteiger partial charge on any atom is 0.248 e. The van der Waals surface area contributed by atoms with E-state index in [0.29, 0.717) is 18.0 Å².